The number of benzene rings is 2. The Labute approximate surface area is 281 Å². The van der Waals surface area contributed by atoms with E-state index in [1.54, 1.807) is 52.0 Å². The fourth-order valence-electron chi connectivity index (χ4n) is 4.73. The second-order valence-corrected chi connectivity index (χ2v) is 11.8. The van der Waals surface area contributed by atoms with Crippen molar-refractivity contribution in [3.63, 3.8) is 0 Å². The SMILES string of the molecule is CCOc1cc(C=C(C#N)C(=O)C(C)C)ccc1OCCCCCCCCCOc1ccc(C=C(C#N)C(=O)C(C)C)cc1OCC. The van der Waals surface area contributed by atoms with Gasteiger partial charge in [-0.1, -0.05) is 71.9 Å². The van der Waals surface area contributed by atoms with Gasteiger partial charge in [-0.25, -0.2) is 0 Å². The number of ketones is 2. The second-order valence-electron chi connectivity index (χ2n) is 11.8. The third-order valence-corrected chi connectivity index (χ3v) is 7.28. The molecule has 0 saturated carbocycles. The maximum atomic E-state index is 12.3. The lowest BCUT2D eigenvalue weighted by Gasteiger charge is -2.13. The molecule has 2 aromatic carbocycles. The topological polar surface area (TPSA) is 119 Å². The largest absolute Gasteiger partial charge is 0.490 e. The molecule has 2 rings (SSSR count). The first-order valence-electron chi connectivity index (χ1n) is 16.8. The number of unbranched alkanes of at least 4 members (excludes halogenated alkanes) is 6. The quantitative estimate of drug-likeness (QED) is 0.0709. The van der Waals surface area contributed by atoms with Crippen LogP contribution in [0.5, 0.6) is 23.0 Å². The van der Waals surface area contributed by atoms with E-state index in [1.807, 2.05) is 50.3 Å². The minimum atomic E-state index is -0.243. The number of rotatable bonds is 22. The first-order valence-corrected chi connectivity index (χ1v) is 16.8. The van der Waals surface area contributed by atoms with Crippen LogP contribution in [0.4, 0.5) is 0 Å². The minimum Gasteiger partial charge on any atom is -0.490 e. The molecule has 0 fully saturated rings. The van der Waals surface area contributed by atoms with Gasteiger partial charge in [-0.05, 0) is 74.2 Å². The first kappa shape index (κ1) is 38.6. The van der Waals surface area contributed by atoms with E-state index in [0.717, 1.165) is 56.1 Å². The van der Waals surface area contributed by atoms with Crippen molar-refractivity contribution >= 4 is 23.7 Å². The van der Waals surface area contributed by atoms with Gasteiger partial charge in [-0.15, -0.1) is 0 Å². The molecule has 0 radical (unpaired) electrons. The Morgan fingerprint density at radius 1 is 0.596 bits per heavy atom. The lowest BCUT2D eigenvalue weighted by atomic mass is 10.00. The number of nitrogens with zero attached hydrogens (tertiary/aromatic N) is 2. The molecule has 0 spiro atoms. The van der Waals surface area contributed by atoms with Crippen LogP contribution in [0.25, 0.3) is 12.2 Å². The highest BCUT2D eigenvalue weighted by Gasteiger charge is 2.15. The van der Waals surface area contributed by atoms with Gasteiger partial charge >= 0.3 is 0 Å². The number of hydrogen-bond donors (Lipinski definition) is 0. The van der Waals surface area contributed by atoms with Crippen LogP contribution in [-0.4, -0.2) is 38.0 Å². The number of nitriles is 2. The van der Waals surface area contributed by atoms with Crippen molar-refractivity contribution < 1.29 is 28.5 Å². The van der Waals surface area contributed by atoms with Crippen LogP contribution in [0.2, 0.25) is 0 Å². The third-order valence-electron chi connectivity index (χ3n) is 7.28. The molecule has 0 saturated heterocycles. The molecule has 0 atom stereocenters. The van der Waals surface area contributed by atoms with Crippen LogP contribution in [-0.2, 0) is 9.59 Å². The Hall–Kier alpha value is -4.56. The summed E-state index contributed by atoms with van der Waals surface area (Å²) >= 11 is 0. The Morgan fingerprint density at radius 3 is 1.28 bits per heavy atom. The van der Waals surface area contributed by atoms with Gasteiger partial charge in [0, 0.05) is 11.8 Å². The molecule has 0 aliphatic carbocycles. The third kappa shape index (κ3) is 13.4. The van der Waals surface area contributed by atoms with Crippen LogP contribution in [0, 0.1) is 34.5 Å². The zero-order chi connectivity index (χ0) is 34.6. The Bertz CT molecular complexity index is 1350. The maximum Gasteiger partial charge on any atom is 0.175 e. The van der Waals surface area contributed by atoms with Gasteiger partial charge in [0.1, 0.15) is 12.1 Å². The van der Waals surface area contributed by atoms with E-state index in [0.29, 0.717) is 49.4 Å². The van der Waals surface area contributed by atoms with Crippen molar-refractivity contribution in [3.8, 4) is 35.1 Å². The van der Waals surface area contributed by atoms with Crippen LogP contribution in [0.1, 0.15) is 97.6 Å². The van der Waals surface area contributed by atoms with Gasteiger partial charge in [-0.3, -0.25) is 9.59 Å². The summed E-state index contributed by atoms with van der Waals surface area (Å²) in [5, 5.41) is 18.8. The normalized spacial score (nSPS) is 11.6. The van der Waals surface area contributed by atoms with E-state index in [4.69, 9.17) is 18.9 Å². The standard InChI is InChI=1S/C39H50N2O6/c1-7-44-36-24-30(22-32(26-40)38(42)28(3)4)16-18-34(36)46-20-14-12-10-9-11-13-15-21-47-35-19-17-31(25-37(35)45-8-2)23-33(27-41)39(43)29(5)6/h16-19,22-25,28-29H,7-15,20-21H2,1-6H3. The van der Waals surface area contributed by atoms with Gasteiger partial charge in [0.15, 0.2) is 34.6 Å². The fraction of sp³-hybridized carbons (Fsp3) is 0.487. The summed E-state index contributed by atoms with van der Waals surface area (Å²) < 4.78 is 23.5. The molecular weight excluding hydrogens is 592 g/mol. The predicted molar refractivity (Wildman–Crippen MR) is 185 cm³/mol. The molecule has 0 bridgehead atoms. The maximum absolute atomic E-state index is 12.3. The molecule has 0 heterocycles. The highest BCUT2D eigenvalue weighted by Crippen LogP contribution is 2.31. The number of allylic oxidation sites excluding steroid dienone is 2. The van der Waals surface area contributed by atoms with Crippen molar-refractivity contribution in [2.24, 2.45) is 11.8 Å². The molecule has 2 aromatic rings. The zero-order valence-electron chi connectivity index (χ0n) is 28.9. The van der Waals surface area contributed by atoms with E-state index in [2.05, 4.69) is 0 Å². The average Bonchev–Trinajstić information content (AvgIpc) is 3.06. The summed E-state index contributed by atoms with van der Waals surface area (Å²) in [6.45, 7) is 13.1. The van der Waals surface area contributed by atoms with Crippen LogP contribution in [0.3, 0.4) is 0 Å². The van der Waals surface area contributed by atoms with Crippen LogP contribution >= 0.6 is 0 Å². The molecule has 0 aliphatic rings. The first-order chi connectivity index (χ1) is 22.6. The number of carbonyl (C=O) groups is 2. The highest BCUT2D eigenvalue weighted by molar-refractivity contribution is 6.04. The van der Waals surface area contributed by atoms with E-state index in [9.17, 15) is 20.1 Å². The lowest BCUT2D eigenvalue weighted by molar-refractivity contribution is -0.118. The molecule has 0 aromatic heterocycles. The monoisotopic (exact) mass is 642 g/mol. The van der Waals surface area contributed by atoms with Gasteiger partial charge in [0.2, 0.25) is 0 Å². The second kappa shape index (κ2) is 21.3. The Morgan fingerprint density at radius 2 is 0.957 bits per heavy atom. The summed E-state index contributed by atoms with van der Waals surface area (Å²) in [7, 11) is 0. The summed E-state index contributed by atoms with van der Waals surface area (Å²) in [5.41, 5.74) is 1.71. The Balaban J connectivity index is 1.73. The molecule has 47 heavy (non-hydrogen) atoms. The summed E-state index contributed by atoms with van der Waals surface area (Å²) in [4.78, 5) is 24.5. The Kier molecular flexibility index (Phi) is 17.5. The molecule has 252 valence electrons. The van der Waals surface area contributed by atoms with Gasteiger partial charge in [-0.2, -0.15) is 10.5 Å². The average molecular weight is 643 g/mol. The van der Waals surface area contributed by atoms with Crippen molar-refractivity contribution in [3.05, 3.63) is 58.7 Å². The predicted octanol–water partition coefficient (Wildman–Crippen LogP) is 8.94. The van der Waals surface area contributed by atoms with Crippen molar-refractivity contribution in [1.29, 1.82) is 10.5 Å². The van der Waals surface area contributed by atoms with Crippen LogP contribution < -0.4 is 18.9 Å². The van der Waals surface area contributed by atoms with Gasteiger partial charge < -0.3 is 18.9 Å². The van der Waals surface area contributed by atoms with E-state index >= 15 is 0 Å². The van der Waals surface area contributed by atoms with Gasteiger partial charge in [0.05, 0.1) is 37.6 Å². The summed E-state index contributed by atoms with van der Waals surface area (Å²) in [6.07, 6.45) is 10.6. The number of carbonyl (C=O) groups excluding carboxylic acids is 2. The molecule has 8 heteroatoms. The molecule has 0 aliphatic heterocycles. The smallest absolute Gasteiger partial charge is 0.175 e. The van der Waals surface area contributed by atoms with Crippen LogP contribution in [0.15, 0.2) is 47.5 Å². The number of Topliss-reactive ketones (excluding diaryl/α,β-unsaturated/α-hetero) is 2. The zero-order valence-corrected chi connectivity index (χ0v) is 28.9. The highest BCUT2D eigenvalue weighted by atomic mass is 16.5. The van der Waals surface area contributed by atoms with E-state index < -0.39 is 0 Å². The van der Waals surface area contributed by atoms with Gasteiger partial charge in [0.25, 0.3) is 0 Å². The van der Waals surface area contributed by atoms with E-state index in [-0.39, 0.29) is 34.5 Å². The van der Waals surface area contributed by atoms with Crippen molar-refractivity contribution in [2.45, 2.75) is 86.5 Å². The number of ether oxygens (including phenoxy) is 4. The van der Waals surface area contributed by atoms with Crippen molar-refractivity contribution in [2.75, 3.05) is 26.4 Å². The molecule has 0 N–H and O–H groups in total. The molecule has 0 amide bonds. The van der Waals surface area contributed by atoms with E-state index in [1.165, 1.54) is 0 Å². The summed E-state index contributed by atoms with van der Waals surface area (Å²) in [5.74, 6) is 1.67. The summed E-state index contributed by atoms with van der Waals surface area (Å²) in [6, 6.07) is 15.0. The lowest BCUT2D eigenvalue weighted by Crippen LogP contribution is -2.08. The minimum absolute atomic E-state index is 0.131. The van der Waals surface area contributed by atoms with Crippen molar-refractivity contribution in [1.82, 2.24) is 0 Å². The fourth-order valence-corrected chi connectivity index (χ4v) is 4.73. The number of hydrogen-bond acceptors (Lipinski definition) is 8. The molecule has 0 unspecified atom stereocenters. The molecule has 8 nitrogen and oxygen atoms in total. The molecular formula is C39H50N2O6.